The van der Waals surface area contributed by atoms with Gasteiger partial charge in [0, 0.05) is 11.6 Å². The Hall–Kier alpha value is -1.25. The Morgan fingerprint density at radius 2 is 2.00 bits per heavy atom. The number of methoxy groups -OCH3 is 1. The van der Waals surface area contributed by atoms with Crippen molar-refractivity contribution < 1.29 is 23.2 Å². The number of hydrogen-bond acceptors (Lipinski definition) is 5. The van der Waals surface area contributed by atoms with Gasteiger partial charge >= 0.3 is 5.97 Å². The molecular weight excluding hydrogens is 398 g/mol. The van der Waals surface area contributed by atoms with Crippen LogP contribution in [0.15, 0.2) is 27.1 Å². The van der Waals surface area contributed by atoms with Gasteiger partial charge in [0.05, 0.1) is 16.9 Å². The lowest BCUT2D eigenvalue weighted by molar-refractivity contribution is -0.134. The molecule has 1 atom stereocenters. The van der Waals surface area contributed by atoms with Crippen LogP contribution < -0.4 is 4.74 Å². The lowest BCUT2D eigenvalue weighted by atomic mass is 10.1. The Kier molecular flexibility index (Phi) is 8.05. The molecule has 0 amide bonds. The number of halogens is 1. The first-order valence-corrected chi connectivity index (χ1v) is 9.20. The minimum absolute atomic E-state index is 0.00190. The van der Waals surface area contributed by atoms with Gasteiger partial charge in [-0.25, -0.2) is 9.00 Å². The predicted octanol–water partition coefficient (Wildman–Crippen LogP) is 3.25. The number of benzene rings is 1. The van der Waals surface area contributed by atoms with Crippen molar-refractivity contribution in [3.05, 3.63) is 28.2 Å². The number of ether oxygens (including phenoxy) is 3. The monoisotopic (exact) mass is 419 g/mol. The van der Waals surface area contributed by atoms with Crippen molar-refractivity contribution >= 4 is 38.6 Å². The summed E-state index contributed by atoms with van der Waals surface area (Å²) < 4.78 is 32.1. The SMILES string of the molecule is CCOC(=O)C(=NS(=O)C(C)(C)C)c1ccc(Br)cc1OCOC. The summed E-state index contributed by atoms with van der Waals surface area (Å²) in [6.45, 7) is 7.21. The van der Waals surface area contributed by atoms with E-state index in [4.69, 9.17) is 14.2 Å². The number of esters is 1. The molecular formula is C16H22BrNO5S. The van der Waals surface area contributed by atoms with Gasteiger partial charge in [-0.1, -0.05) is 15.9 Å². The first-order chi connectivity index (χ1) is 11.2. The van der Waals surface area contributed by atoms with Crippen molar-refractivity contribution in [2.45, 2.75) is 32.4 Å². The van der Waals surface area contributed by atoms with E-state index in [2.05, 4.69) is 20.3 Å². The molecule has 0 fully saturated rings. The lowest BCUT2D eigenvalue weighted by Gasteiger charge is -2.16. The summed E-state index contributed by atoms with van der Waals surface area (Å²) >= 11 is 3.35. The lowest BCUT2D eigenvalue weighted by Crippen LogP contribution is -2.25. The van der Waals surface area contributed by atoms with Crippen LogP contribution >= 0.6 is 15.9 Å². The molecule has 1 unspecified atom stereocenters. The number of carbonyl (C=O) groups excluding carboxylic acids is 1. The normalized spacial score (nSPS) is 13.5. The minimum Gasteiger partial charge on any atom is -0.467 e. The zero-order valence-electron chi connectivity index (χ0n) is 14.4. The van der Waals surface area contributed by atoms with E-state index in [0.29, 0.717) is 11.3 Å². The van der Waals surface area contributed by atoms with E-state index >= 15 is 0 Å². The molecule has 1 aromatic rings. The first kappa shape index (κ1) is 20.8. The highest BCUT2D eigenvalue weighted by molar-refractivity contribution is 9.10. The summed E-state index contributed by atoms with van der Waals surface area (Å²) in [5.74, 6) is -0.274. The maximum atomic E-state index is 12.4. The minimum atomic E-state index is -1.62. The van der Waals surface area contributed by atoms with Crippen molar-refractivity contribution in [1.82, 2.24) is 0 Å². The Bertz CT molecular complexity index is 640. The maximum absolute atomic E-state index is 12.4. The summed E-state index contributed by atoms with van der Waals surface area (Å²) in [5, 5.41) is 0. The van der Waals surface area contributed by atoms with Crippen LogP contribution in [0, 0.1) is 0 Å². The predicted molar refractivity (Wildman–Crippen MR) is 97.7 cm³/mol. The number of hydrogen-bond donors (Lipinski definition) is 0. The van der Waals surface area contributed by atoms with Gasteiger partial charge in [0.1, 0.15) is 16.7 Å². The molecule has 0 bridgehead atoms. The zero-order valence-corrected chi connectivity index (χ0v) is 16.8. The standard InChI is InChI=1S/C16H22BrNO5S/c1-6-22-15(19)14(18-24(20)16(2,3)4)12-8-7-11(17)9-13(12)23-10-21-5/h7-9H,6,10H2,1-5H3. The highest BCUT2D eigenvalue weighted by Crippen LogP contribution is 2.26. The molecule has 0 aliphatic heterocycles. The fourth-order valence-electron chi connectivity index (χ4n) is 1.55. The molecule has 134 valence electrons. The van der Waals surface area contributed by atoms with Crippen molar-refractivity contribution in [2.75, 3.05) is 20.5 Å². The van der Waals surface area contributed by atoms with E-state index in [9.17, 15) is 9.00 Å². The van der Waals surface area contributed by atoms with E-state index < -0.39 is 21.7 Å². The van der Waals surface area contributed by atoms with Gasteiger partial charge < -0.3 is 14.2 Å². The second-order valence-electron chi connectivity index (χ2n) is 5.71. The molecule has 8 heteroatoms. The first-order valence-electron chi connectivity index (χ1n) is 7.30. The van der Waals surface area contributed by atoms with Crippen LogP contribution in [-0.2, 0) is 25.3 Å². The van der Waals surface area contributed by atoms with Crippen molar-refractivity contribution in [1.29, 1.82) is 0 Å². The van der Waals surface area contributed by atoms with Crippen LogP contribution in [0.5, 0.6) is 5.75 Å². The number of nitrogens with zero attached hydrogens (tertiary/aromatic N) is 1. The van der Waals surface area contributed by atoms with Crippen LogP contribution in [0.4, 0.5) is 0 Å². The molecule has 1 rings (SSSR count). The van der Waals surface area contributed by atoms with E-state index in [1.807, 2.05) is 0 Å². The highest BCUT2D eigenvalue weighted by atomic mass is 79.9. The average molecular weight is 420 g/mol. The van der Waals surface area contributed by atoms with Gasteiger partial charge in [0.2, 0.25) is 0 Å². The molecule has 0 aromatic heterocycles. The molecule has 0 spiro atoms. The van der Waals surface area contributed by atoms with Crippen LogP contribution in [-0.4, -0.2) is 41.1 Å². The Labute approximate surface area is 153 Å². The van der Waals surface area contributed by atoms with Crippen molar-refractivity contribution in [2.24, 2.45) is 4.40 Å². The van der Waals surface area contributed by atoms with Gasteiger partial charge in [0.25, 0.3) is 0 Å². The van der Waals surface area contributed by atoms with Gasteiger partial charge in [-0.3, -0.25) is 0 Å². The Morgan fingerprint density at radius 1 is 1.33 bits per heavy atom. The molecule has 6 nitrogen and oxygen atoms in total. The van der Waals surface area contributed by atoms with Crippen LogP contribution in [0.1, 0.15) is 33.3 Å². The van der Waals surface area contributed by atoms with E-state index in [1.54, 1.807) is 45.9 Å². The van der Waals surface area contributed by atoms with Crippen LogP contribution in [0.25, 0.3) is 0 Å². The van der Waals surface area contributed by atoms with Gasteiger partial charge in [-0.05, 0) is 45.9 Å². The number of carbonyl (C=O) groups is 1. The Balaban J connectivity index is 3.42. The van der Waals surface area contributed by atoms with E-state index in [1.165, 1.54) is 7.11 Å². The second kappa shape index (κ2) is 9.29. The summed E-state index contributed by atoms with van der Waals surface area (Å²) in [7, 11) is -0.130. The zero-order chi connectivity index (χ0) is 18.3. The van der Waals surface area contributed by atoms with Crippen molar-refractivity contribution in [3.63, 3.8) is 0 Å². The second-order valence-corrected chi connectivity index (χ2v) is 8.53. The van der Waals surface area contributed by atoms with Gasteiger partial charge in [0.15, 0.2) is 12.5 Å². The number of rotatable bonds is 7. The largest absolute Gasteiger partial charge is 0.467 e. The van der Waals surface area contributed by atoms with E-state index in [-0.39, 0.29) is 19.1 Å². The van der Waals surface area contributed by atoms with Gasteiger partial charge in [-0.15, -0.1) is 0 Å². The third-order valence-electron chi connectivity index (χ3n) is 2.70. The highest BCUT2D eigenvalue weighted by Gasteiger charge is 2.25. The molecule has 0 saturated carbocycles. The van der Waals surface area contributed by atoms with Gasteiger partial charge in [-0.2, -0.15) is 4.40 Å². The summed E-state index contributed by atoms with van der Waals surface area (Å²) in [6.07, 6.45) is 0. The molecule has 0 aliphatic carbocycles. The molecule has 0 radical (unpaired) electrons. The molecule has 0 saturated heterocycles. The fourth-order valence-corrected chi connectivity index (χ4v) is 2.50. The van der Waals surface area contributed by atoms with Crippen LogP contribution in [0.3, 0.4) is 0 Å². The maximum Gasteiger partial charge on any atom is 0.358 e. The van der Waals surface area contributed by atoms with Crippen molar-refractivity contribution in [3.8, 4) is 5.75 Å². The van der Waals surface area contributed by atoms with Crippen LogP contribution in [0.2, 0.25) is 0 Å². The topological polar surface area (TPSA) is 74.2 Å². The molecule has 0 heterocycles. The molecule has 24 heavy (non-hydrogen) atoms. The Morgan fingerprint density at radius 3 is 2.54 bits per heavy atom. The molecule has 1 aromatic carbocycles. The molecule has 0 N–H and O–H groups in total. The molecule has 0 aliphatic rings. The quantitative estimate of drug-likeness (QED) is 0.385. The average Bonchev–Trinajstić information content (AvgIpc) is 2.50. The third-order valence-corrected chi connectivity index (χ3v) is 4.59. The van der Waals surface area contributed by atoms with E-state index in [0.717, 1.165) is 4.47 Å². The smallest absolute Gasteiger partial charge is 0.358 e. The fraction of sp³-hybridized carbons (Fsp3) is 0.500. The summed E-state index contributed by atoms with van der Waals surface area (Å²) in [4.78, 5) is 12.3. The summed E-state index contributed by atoms with van der Waals surface area (Å²) in [5.41, 5.74) is 0.356. The third kappa shape index (κ3) is 5.99. The summed E-state index contributed by atoms with van der Waals surface area (Å²) in [6, 6.07) is 5.08.